The van der Waals surface area contributed by atoms with Gasteiger partial charge in [-0.15, -0.1) is 0 Å². The minimum Gasteiger partial charge on any atom is -0.385 e. The molecule has 6 nitrogen and oxygen atoms in total. The van der Waals surface area contributed by atoms with E-state index in [9.17, 15) is 9.59 Å². The highest BCUT2D eigenvalue weighted by atomic mass is 35.5. The lowest BCUT2D eigenvalue weighted by molar-refractivity contribution is -0.132. The summed E-state index contributed by atoms with van der Waals surface area (Å²) in [5, 5.41) is 3.94. The summed E-state index contributed by atoms with van der Waals surface area (Å²) in [7, 11) is 1.64. The number of hydrogen-bond donors (Lipinski definition) is 1. The van der Waals surface area contributed by atoms with E-state index in [2.05, 4.69) is 10.2 Å². The molecular weight excluding hydrogens is 377 g/mol. The number of rotatable bonds is 8. The van der Waals surface area contributed by atoms with Crippen molar-refractivity contribution in [2.45, 2.75) is 12.8 Å². The summed E-state index contributed by atoms with van der Waals surface area (Å²) in [6.07, 6.45) is 1.06. The molecule has 26 heavy (non-hydrogen) atoms. The topological polar surface area (TPSA) is 61.9 Å². The molecule has 1 aromatic rings. The van der Waals surface area contributed by atoms with Gasteiger partial charge in [-0.05, 0) is 24.1 Å². The Labute approximate surface area is 164 Å². The quantitative estimate of drug-likeness (QED) is 0.675. The molecule has 8 heteroatoms. The molecular formula is C18H25Cl2N3O3. The third-order valence-corrected chi connectivity index (χ3v) is 4.88. The van der Waals surface area contributed by atoms with Crippen molar-refractivity contribution < 1.29 is 14.3 Å². The zero-order valence-electron chi connectivity index (χ0n) is 15.0. The minimum atomic E-state index is 0.00817. The first-order valence-electron chi connectivity index (χ1n) is 8.69. The summed E-state index contributed by atoms with van der Waals surface area (Å²) in [6.45, 7) is 4.21. The monoisotopic (exact) mass is 401 g/mol. The van der Waals surface area contributed by atoms with Crippen molar-refractivity contribution >= 4 is 35.0 Å². The molecule has 1 aromatic carbocycles. The van der Waals surface area contributed by atoms with E-state index in [4.69, 9.17) is 27.9 Å². The summed E-state index contributed by atoms with van der Waals surface area (Å²) in [5.41, 5.74) is 0.777. The first-order valence-corrected chi connectivity index (χ1v) is 9.45. The molecule has 0 radical (unpaired) electrons. The maximum atomic E-state index is 12.5. The van der Waals surface area contributed by atoms with Crippen LogP contribution in [-0.4, -0.2) is 74.6 Å². The summed E-state index contributed by atoms with van der Waals surface area (Å²) >= 11 is 12.0. The lowest BCUT2D eigenvalue weighted by Crippen LogP contribution is -2.51. The summed E-state index contributed by atoms with van der Waals surface area (Å²) in [5.74, 6) is 0.0479. The molecule has 1 fully saturated rings. The third-order valence-electron chi connectivity index (χ3n) is 4.30. The Kier molecular flexibility index (Phi) is 8.65. The van der Waals surface area contributed by atoms with Gasteiger partial charge in [0.05, 0.1) is 13.0 Å². The number of piperazine rings is 1. The van der Waals surface area contributed by atoms with Crippen molar-refractivity contribution in [1.82, 2.24) is 15.1 Å². The molecule has 1 aliphatic heterocycles. The SMILES string of the molecule is COCCCNC(=O)CN1CCN(C(=O)Cc2ccc(Cl)cc2Cl)CC1. The number of nitrogens with one attached hydrogen (secondary N) is 1. The second kappa shape index (κ2) is 10.7. The van der Waals surface area contributed by atoms with Crippen LogP contribution in [0.3, 0.4) is 0 Å². The highest BCUT2D eigenvalue weighted by Gasteiger charge is 2.22. The molecule has 1 N–H and O–H groups in total. The fourth-order valence-electron chi connectivity index (χ4n) is 2.80. The molecule has 2 rings (SSSR count). The average molecular weight is 402 g/mol. The summed E-state index contributed by atoms with van der Waals surface area (Å²) < 4.78 is 4.95. The smallest absolute Gasteiger partial charge is 0.234 e. The average Bonchev–Trinajstić information content (AvgIpc) is 2.61. The highest BCUT2D eigenvalue weighted by Crippen LogP contribution is 2.22. The van der Waals surface area contributed by atoms with Gasteiger partial charge in [0, 0.05) is 56.5 Å². The first kappa shape index (κ1) is 21.0. The number of ether oxygens (including phenoxy) is 1. The fraction of sp³-hybridized carbons (Fsp3) is 0.556. The van der Waals surface area contributed by atoms with Gasteiger partial charge in [0.1, 0.15) is 0 Å². The molecule has 0 unspecified atom stereocenters. The number of amides is 2. The molecule has 0 bridgehead atoms. The Bertz CT molecular complexity index is 620. The van der Waals surface area contributed by atoms with Crippen LogP contribution in [0.5, 0.6) is 0 Å². The Morgan fingerprint density at radius 2 is 1.92 bits per heavy atom. The van der Waals surface area contributed by atoms with E-state index in [1.165, 1.54) is 0 Å². The van der Waals surface area contributed by atoms with Gasteiger partial charge in [-0.25, -0.2) is 0 Å². The standard InChI is InChI=1S/C18H25Cl2N3O3/c1-26-10-2-5-21-17(24)13-22-6-8-23(9-7-22)18(25)11-14-3-4-15(19)12-16(14)20/h3-4,12H,2,5-11,13H2,1H3,(H,21,24). The van der Waals surface area contributed by atoms with Crippen molar-refractivity contribution in [3.05, 3.63) is 33.8 Å². The molecule has 0 spiro atoms. The number of methoxy groups -OCH3 is 1. The predicted octanol–water partition coefficient (Wildman–Crippen LogP) is 1.83. The summed E-state index contributed by atoms with van der Waals surface area (Å²) in [4.78, 5) is 28.2. The molecule has 0 atom stereocenters. The van der Waals surface area contributed by atoms with Gasteiger partial charge < -0.3 is 15.0 Å². The van der Waals surface area contributed by atoms with Crippen molar-refractivity contribution in [3.63, 3.8) is 0 Å². The van der Waals surface area contributed by atoms with E-state index in [0.29, 0.717) is 55.9 Å². The molecule has 2 amide bonds. The Morgan fingerprint density at radius 3 is 2.58 bits per heavy atom. The molecule has 1 aliphatic rings. The number of carbonyl (C=O) groups is 2. The van der Waals surface area contributed by atoms with Gasteiger partial charge in [-0.1, -0.05) is 29.3 Å². The number of benzene rings is 1. The fourth-order valence-corrected chi connectivity index (χ4v) is 3.27. The van der Waals surface area contributed by atoms with Gasteiger partial charge in [0.25, 0.3) is 0 Å². The minimum absolute atomic E-state index is 0.00817. The van der Waals surface area contributed by atoms with E-state index < -0.39 is 0 Å². The molecule has 0 aromatic heterocycles. The van der Waals surface area contributed by atoms with Crippen molar-refractivity contribution in [2.75, 3.05) is 53.0 Å². The van der Waals surface area contributed by atoms with Crippen LogP contribution in [0.25, 0.3) is 0 Å². The number of halogens is 2. The van der Waals surface area contributed by atoms with Crippen molar-refractivity contribution in [2.24, 2.45) is 0 Å². The van der Waals surface area contributed by atoms with E-state index in [-0.39, 0.29) is 18.2 Å². The van der Waals surface area contributed by atoms with Crippen molar-refractivity contribution in [3.8, 4) is 0 Å². The van der Waals surface area contributed by atoms with Crippen LogP contribution in [0.1, 0.15) is 12.0 Å². The Morgan fingerprint density at radius 1 is 1.19 bits per heavy atom. The summed E-state index contributed by atoms with van der Waals surface area (Å²) in [6, 6.07) is 5.17. The van der Waals surface area contributed by atoms with Gasteiger partial charge in [0.2, 0.25) is 11.8 Å². The molecule has 144 valence electrons. The van der Waals surface area contributed by atoms with Crippen LogP contribution >= 0.6 is 23.2 Å². The molecule has 1 heterocycles. The third kappa shape index (κ3) is 6.76. The van der Waals surface area contributed by atoms with Crippen LogP contribution in [0.15, 0.2) is 18.2 Å². The lowest BCUT2D eigenvalue weighted by atomic mass is 10.1. The highest BCUT2D eigenvalue weighted by molar-refractivity contribution is 6.35. The maximum absolute atomic E-state index is 12.5. The van der Waals surface area contributed by atoms with Crippen LogP contribution in [0.2, 0.25) is 10.0 Å². The zero-order chi connectivity index (χ0) is 18.9. The van der Waals surface area contributed by atoms with Crippen LogP contribution in [0.4, 0.5) is 0 Å². The van der Waals surface area contributed by atoms with Gasteiger partial charge in [0.15, 0.2) is 0 Å². The normalized spacial score (nSPS) is 15.1. The van der Waals surface area contributed by atoms with Gasteiger partial charge in [-0.2, -0.15) is 0 Å². The largest absolute Gasteiger partial charge is 0.385 e. The second-order valence-electron chi connectivity index (χ2n) is 6.27. The van der Waals surface area contributed by atoms with E-state index >= 15 is 0 Å². The van der Waals surface area contributed by atoms with E-state index in [1.54, 1.807) is 25.3 Å². The van der Waals surface area contributed by atoms with Crippen LogP contribution in [0, 0.1) is 0 Å². The van der Waals surface area contributed by atoms with Crippen LogP contribution < -0.4 is 5.32 Å². The van der Waals surface area contributed by atoms with Crippen LogP contribution in [-0.2, 0) is 20.7 Å². The lowest BCUT2D eigenvalue weighted by Gasteiger charge is -2.34. The predicted molar refractivity (Wildman–Crippen MR) is 103 cm³/mol. The van der Waals surface area contributed by atoms with E-state index in [0.717, 1.165) is 12.0 Å². The van der Waals surface area contributed by atoms with Gasteiger partial charge >= 0.3 is 0 Å². The zero-order valence-corrected chi connectivity index (χ0v) is 16.5. The molecule has 0 aliphatic carbocycles. The first-order chi connectivity index (χ1) is 12.5. The van der Waals surface area contributed by atoms with Gasteiger partial charge in [-0.3, -0.25) is 14.5 Å². The molecule has 0 saturated carbocycles. The number of nitrogens with zero attached hydrogens (tertiary/aromatic N) is 2. The Balaban J connectivity index is 1.72. The van der Waals surface area contributed by atoms with Crippen molar-refractivity contribution in [1.29, 1.82) is 0 Å². The van der Waals surface area contributed by atoms with E-state index in [1.807, 2.05) is 4.90 Å². The molecule has 1 saturated heterocycles. The maximum Gasteiger partial charge on any atom is 0.234 e. The Hall–Kier alpha value is -1.34. The number of carbonyl (C=O) groups excluding carboxylic acids is 2. The number of hydrogen-bond acceptors (Lipinski definition) is 4. The second-order valence-corrected chi connectivity index (χ2v) is 7.11.